The maximum absolute atomic E-state index is 12.6. The summed E-state index contributed by atoms with van der Waals surface area (Å²) in [6.07, 6.45) is 0. The highest BCUT2D eigenvalue weighted by Crippen LogP contribution is 2.27. The van der Waals surface area contributed by atoms with Crippen LogP contribution < -0.4 is 14.8 Å². The second-order valence-corrected chi connectivity index (χ2v) is 8.44. The van der Waals surface area contributed by atoms with Crippen molar-refractivity contribution in [1.82, 2.24) is 0 Å². The molecule has 3 rings (SSSR count). The topological polar surface area (TPSA) is 84.5 Å². The predicted molar refractivity (Wildman–Crippen MR) is 115 cm³/mol. The molecule has 6 nitrogen and oxygen atoms in total. The van der Waals surface area contributed by atoms with Crippen molar-refractivity contribution in [3.05, 3.63) is 82.3 Å². The summed E-state index contributed by atoms with van der Waals surface area (Å²) in [4.78, 5) is 12.3. The van der Waals surface area contributed by atoms with E-state index in [0.29, 0.717) is 11.4 Å². The van der Waals surface area contributed by atoms with Crippen LogP contribution in [0.1, 0.15) is 10.4 Å². The first-order valence-electron chi connectivity index (χ1n) is 8.32. The highest BCUT2D eigenvalue weighted by molar-refractivity contribution is 7.92. The normalized spacial score (nSPS) is 11.0. The second-order valence-electron chi connectivity index (χ2n) is 5.94. The van der Waals surface area contributed by atoms with Gasteiger partial charge < -0.3 is 10.1 Å². The molecule has 3 aromatic rings. The first-order chi connectivity index (χ1) is 13.8. The van der Waals surface area contributed by atoms with Crippen LogP contribution in [0, 0.1) is 0 Å². The van der Waals surface area contributed by atoms with Gasteiger partial charge in [0.1, 0.15) is 10.6 Å². The maximum atomic E-state index is 12.6. The summed E-state index contributed by atoms with van der Waals surface area (Å²) >= 11 is 11.9. The van der Waals surface area contributed by atoms with Crippen LogP contribution in [0.3, 0.4) is 0 Å². The third-order valence-corrected chi connectivity index (χ3v) is 6.01. The van der Waals surface area contributed by atoms with E-state index in [0.717, 1.165) is 0 Å². The van der Waals surface area contributed by atoms with Crippen molar-refractivity contribution < 1.29 is 17.9 Å². The van der Waals surface area contributed by atoms with Crippen molar-refractivity contribution in [2.24, 2.45) is 0 Å². The first-order valence-corrected chi connectivity index (χ1v) is 10.6. The molecule has 0 aromatic heterocycles. The Morgan fingerprint density at radius 3 is 2.34 bits per heavy atom. The van der Waals surface area contributed by atoms with Crippen LogP contribution in [-0.4, -0.2) is 21.4 Å². The number of carbonyl (C=O) groups is 1. The molecule has 0 radical (unpaired) electrons. The number of anilines is 2. The minimum atomic E-state index is -3.99. The summed E-state index contributed by atoms with van der Waals surface area (Å²) in [5.41, 5.74) is 1.06. The van der Waals surface area contributed by atoms with Gasteiger partial charge in [-0.2, -0.15) is 0 Å². The van der Waals surface area contributed by atoms with E-state index in [1.54, 1.807) is 43.5 Å². The Hall–Kier alpha value is -2.74. The van der Waals surface area contributed by atoms with Crippen molar-refractivity contribution in [2.45, 2.75) is 4.90 Å². The third kappa shape index (κ3) is 5.20. The molecular weight excluding hydrogens is 435 g/mol. The third-order valence-electron chi connectivity index (χ3n) is 3.91. The molecule has 0 heterocycles. The van der Waals surface area contributed by atoms with E-state index in [1.165, 1.54) is 30.3 Å². The Balaban J connectivity index is 1.79. The highest BCUT2D eigenvalue weighted by atomic mass is 35.5. The van der Waals surface area contributed by atoms with E-state index < -0.39 is 15.9 Å². The van der Waals surface area contributed by atoms with E-state index in [2.05, 4.69) is 10.0 Å². The maximum Gasteiger partial charge on any atom is 0.263 e. The number of hydrogen-bond donors (Lipinski definition) is 2. The molecule has 0 aliphatic carbocycles. The average Bonchev–Trinajstić information content (AvgIpc) is 2.70. The van der Waals surface area contributed by atoms with Crippen molar-refractivity contribution in [3.8, 4) is 5.75 Å². The first kappa shape index (κ1) is 21.0. The van der Waals surface area contributed by atoms with Crippen LogP contribution in [0.15, 0.2) is 71.6 Å². The van der Waals surface area contributed by atoms with E-state index >= 15 is 0 Å². The molecule has 0 saturated carbocycles. The van der Waals surface area contributed by atoms with Crippen LogP contribution in [0.2, 0.25) is 10.0 Å². The summed E-state index contributed by atoms with van der Waals surface area (Å²) in [7, 11) is -2.44. The van der Waals surface area contributed by atoms with Crippen molar-refractivity contribution in [3.63, 3.8) is 0 Å². The molecule has 0 atom stereocenters. The number of nitrogens with one attached hydrogen (secondary N) is 2. The fourth-order valence-electron chi connectivity index (χ4n) is 2.49. The number of halogens is 2. The van der Waals surface area contributed by atoms with E-state index in [4.69, 9.17) is 27.9 Å². The SMILES string of the molecule is COc1ccc(NC(=O)c2cccc(NS(=O)(=O)c3cc(Cl)ccc3Cl)c2)cc1. The van der Waals surface area contributed by atoms with Gasteiger partial charge in [-0.3, -0.25) is 9.52 Å². The smallest absolute Gasteiger partial charge is 0.263 e. The Kier molecular flexibility index (Phi) is 6.32. The van der Waals surface area contributed by atoms with Gasteiger partial charge in [0.25, 0.3) is 15.9 Å². The molecule has 0 unspecified atom stereocenters. The number of benzene rings is 3. The summed E-state index contributed by atoms with van der Waals surface area (Å²) in [5.74, 6) is 0.274. The standard InChI is InChI=1S/C20H16Cl2N2O4S/c1-28-17-8-6-15(7-9-17)23-20(25)13-3-2-4-16(11-13)24-29(26,27)19-12-14(21)5-10-18(19)22/h2-12,24H,1H3,(H,23,25). The molecule has 9 heteroatoms. The molecule has 0 saturated heterocycles. The van der Waals surface area contributed by atoms with Crippen molar-refractivity contribution in [2.75, 3.05) is 17.1 Å². The minimum Gasteiger partial charge on any atom is -0.497 e. The molecule has 29 heavy (non-hydrogen) atoms. The second kappa shape index (κ2) is 8.73. The Morgan fingerprint density at radius 2 is 1.66 bits per heavy atom. The van der Waals surface area contributed by atoms with Gasteiger partial charge in [0.05, 0.1) is 12.1 Å². The molecule has 1 amide bonds. The number of hydrogen-bond acceptors (Lipinski definition) is 4. The monoisotopic (exact) mass is 450 g/mol. The lowest BCUT2D eigenvalue weighted by molar-refractivity contribution is 0.102. The zero-order valence-electron chi connectivity index (χ0n) is 15.1. The Morgan fingerprint density at radius 1 is 0.931 bits per heavy atom. The zero-order chi connectivity index (χ0) is 21.0. The molecular formula is C20H16Cl2N2O4S. The van der Waals surface area contributed by atoms with Gasteiger partial charge in [-0.05, 0) is 60.7 Å². The van der Waals surface area contributed by atoms with Gasteiger partial charge in [0.2, 0.25) is 0 Å². The van der Waals surface area contributed by atoms with Crippen LogP contribution in [0.4, 0.5) is 11.4 Å². The highest BCUT2D eigenvalue weighted by Gasteiger charge is 2.19. The number of amides is 1. The van der Waals surface area contributed by atoms with Gasteiger partial charge in [0.15, 0.2) is 0 Å². The lowest BCUT2D eigenvalue weighted by Gasteiger charge is -2.11. The summed E-state index contributed by atoms with van der Waals surface area (Å²) in [6.45, 7) is 0. The van der Waals surface area contributed by atoms with E-state index in [1.807, 2.05) is 0 Å². The van der Waals surface area contributed by atoms with Crippen molar-refractivity contribution in [1.29, 1.82) is 0 Å². The summed E-state index contributed by atoms with van der Waals surface area (Å²) < 4.78 is 32.8. The Bertz CT molecular complexity index is 1150. The molecule has 3 aromatic carbocycles. The van der Waals surface area contributed by atoms with E-state index in [9.17, 15) is 13.2 Å². The van der Waals surface area contributed by atoms with Crippen LogP contribution >= 0.6 is 23.2 Å². The zero-order valence-corrected chi connectivity index (χ0v) is 17.5. The fourth-order valence-corrected chi connectivity index (χ4v) is 4.31. The molecule has 0 aliphatic rings. The molecule has 0 spiro atoms. The number of ether oxygens (including phenoxy) is 1. The van der Waals surface area contributed by atoms with Crippen molar-refractivity contribution >= 4 is 50.5 Å². The van der Waals surface area contributed by atoms with Gasteiger partial charge in [-0.25, -0.2) is 8.42 Å². The van der Waals surface area contributed by atoms with Gasteiger partial charge >= 0.3 is 0 Å². The predicted octanol–water partition coefficient (Wildman–Crippen LogP) is 5.06. The summed E-state index contributed by atoms with van der Waals surface area (Å²) in [5, 5.41) is 3.01. The van der Waals surface area contributed by atoms with Crippen LogP contribution in [-0.2, 0) is 10.0 Å². The molecule has 150 valence electrons. The number of carbonyl (C=O) groups excluding carboxylic acids is 1. The summed E-state index contributed by atoms with van der Waals surface area (Å²) in [6, 6.07) is 17.1. The number of sulfonamides is 1. The van der Waals surface area contributed by atoms with Gasteiger partial charge in [0, 0.05) is 22.0 Å². The average molecular weight is 451 g/mol. The quantitative estimate of drug-likeness (QED) is 0.549. The Labute approximate surface area is 178 Å². The minimum absolute atomic E-state index is 0.0373. The number of rotatable bonds is 6. The van der Waals surface area contributed by atoms with Gasteiger partial charge in [-0.1, -0.05) is 29.3 Å². The van der Waals surface area contributed by atoms with Crippen LogP contribution in [0.5, 0.6) is 5.75 Å². The lowest BCUT2D eigenvalue weighted by atomic mass is 10.2. The largest absolute Gasteiger partial charge is 0.497 e. The lowest BCUT2D eigenvalue weighted by Crippen LogP contribution is -2.15. The van der Waals surface area contributed by atoms with Crippen LogP contribution in [0.25, 0.3) is 0 Å². The fraction of sp³-hybridized carbons (Fsp3) is 0.0500. The molecule has 0 fully saturated rings. The number of methoxy groups -OCH3 is 1. The molecule has 0 bridgehead atoms. The molecule has 2 N–H and O–H groups in total. The van der Waals surface area contributed by atoms with E-state index in [-0.39, 0.29) is 26.2 Å². The van der Waals surface area contributed by atoms with Gasteiger partial charge in [-0.15, -0.1) is 0 Å². The molecule has 0 aliphatic heterocycles.